The van der Waals surface area contributed by atoms with Crippen LogP contribution in [0.25, 0.3) is 0 Å². The Morgan fingerprint density at radius 1 is 1.11 bits per heavy atom. The lowest BCUT2D eigenvalue weighted by atomic mass is 9.79. The molecule has 2 aromatic rings. The van der Waals surface area contributed by atoms with E-state index < -0.39 is 40.4 Å². The Bertz CT molecular complexity index is 1160. The molecule has 1 heterocycles. The van der Waals surface area contributed by atoms with Crippen LogP contribution in [0, 0.1) is 5.82 Å². The first-order valence-electron chi connectivity index (χ1n) is 12.2. The van der Waals surface area contributed by atoms with E-state index in [4.69, 9.17) is 4.74 Å². The van der Waals surface area contributed by atoms with Crippen molar-refractivity contribution in [2.24, 2.45) is 0 Å². The highest BCUT2D eigenvalue weighted by Gasteiger charge is 2.53. The predicted octanol–water partition coefficient (Wildman–Crippen LogP) is 6.28. The number of benzene rings is 2. The van der Waals surface area contributed by atoms with Gasteiger partial charge in [0.05, 0.1) is 11.1 Å². The number of nitrogens with one attached hydrogen (secondary N) is 1. The minimum absolute atomic E-state index is 0.0805. The van der Waals surface area contributed by atoms with Crippen LogP contribution in [0.3, 0.4) is 0 Å². The zero-order valence-corrected chi connectivity index (χ0v) is 20.0. The Morgan fingerprint density at radius 2 is 1.86 bits per heavy atom. The van der Waals surface area contributed by atoms with Crippen molar-refractivity contribution in [3.8, 4) is 0 Å². The highest BCUT2D eigenvalue weighted by atomic mass is 19.4. The molecule has 1 saturated carbocycles. The number of unbranched alkanes of at least 4 members (excludes halogenated alkanes) is 3. The maximum Gasteiger partial charge on any atom is 0.416 e. The largest absolute Gasteiger partial charge is 0.457 e. The summed E-state index contributed by atoms with van der Waals surface area (Å²) in [5.74, 6) is -1.94. The van der Waals surface area contributed by atoms with E-state index in [1.54, 1.807) is 6.07 Å². The van der Waals surface area contributed by atoms with E-state index in [2.05, 4.69) is 5.32 Å². The number of rotatable bonds is 10. The zero-order valence-electron chi connectivity index (χ0n) is 20.0. The summed E-state index contributed by atoms with van der Waals surface area (Å²) in [7, 11) is 0. The number of hydrogen-bond acceptors (Lipinski definition) is 4. The fourth-order valence-electron chi connectivity index (χ4n) is 4.94. The van der Waals surface area contributed by atoms with Gasteiger partial charge in [-0.1, -0.05) is 32.6 Å². The van der Waals surface area contributed by atoms with E-state index in [0.29, 0.717) is 42.1 Å². The van der Waals surface area contributed by atoms with Gasteiger partial charge >= 0.3 is 12.1 Å². The van der Waals surface area contributed by atoms with Crippen molar-refractivity contribution in [1.29, 1.82) is 0 Å². The van der Waals surface area contributed by atoms with Gasteiger partial charge in [0.1, 0.15) is 18.0 Å². The molecule has 2 aromatic carbocycles. The number of halogens is 4. The van der Waals surface area contributed by atoms with Gasteiger partial charge in [-0.05, 0) is 67.6 Å². The summed E-state index contributed by atoms with van der Waals surface area (Å²) in [5, 5.41) is 14.3. The second-order valence-corrected chi connectivity index (χ2v) is 9.89. The summed E-state index contributed by atoms with van der Waals surface area (Å²) in [6.07, 6.45) is -0.839. The molecule has 0 spiro atoms. The lowest BCUT2D eigenvalue weighted by Crippen LogP contribution is -2.45. The van der Waals surface area contributed by atoms with Crippen LogP contribution < -0.4 is 5.32 Å². The van der Waals surface area contributed by atoms with Crippen molar-refractivity contribution < 1.29 is 37.0 Å². The maximum atomic E-state index is 14.7. The molecule has 1 unspecified atom stereocenters. The monoisotopic (exact) mass is 507 g/mol. The number of ether oxygens (including phenoxy) is 1. The van der Waals surface area contributed by atoms with E-state index in [-0.39, 0.29) is 25.0 Å². The second kappa shape index (κ2) is 9.84. The molecule has 0 bridgehead atoms. The lowest BCUT2D eigenvalue weighted by Gasteiger charge is -2.32. The normalized spacial score (nSPS) is 17.8. The maximum absolute atomic E-state index is 14.7. The fourth-order valence-corrected chi connectivity index (χ4v) is 4.94. The van der Waals surface area contributed by atoms with E-state index in [1.807, 2.05) is 6.92 Å². The van der Waals surface area contributed by atoms with Crippen molar-refractivity contribution in [1.82, 2.24) is 0 Å². The number of fused-ring (bicyclic) bond motifs is 1. The Labute approximate surface area is 206 Å². The number of alkyl halides is 3. The molecule has 1 aliphatic heterocycles. The lowest BCUT2D eigenvalue weighted by molar-refractivity contribution is -0.138. The minimum atomic E-state index is -4.63. The third kappa shape index (κ3) is 5.40. The fraction of sp³-hybridized carbons (Fsp3) is 0.481. The van der Waals surface area contributed by atoms with Gasteiger partial charge in [-0.25, -0.2) is 9.18 Å². The van der Waals surface area contributed by atoms with Gasteiger partial charge in [-0.2, -0.15) is 13.2 Å². The van der Waals surface area contributed by atoms with Gasteiger partial charge in [0.15, 0.2) is 0 Å². The second-order valence-electron chi connectivity index (χ2n) is 9.89. The Kier molecular flexibility index (Phi) is 7.14. The number of carbonyl (C=O) groups excluding carboxylic acids is 2. The number of esters is 1. The van der Waals surface area contributed by atoms with Gasteiger partial charge < -0.3 is 15.2 Å². The van der Waals surface area contributed by atoms with E-state index in [0.717, 1.165) is 31.4 Å². The molecule has 1 amide bonds. The van der Waals surface area contributed by atoms with Gasteiger partial charge in [0, 0.05) is 16.7 Å². The van der Waals surface area contributed by atoms with Crippen LogP contribution in [0.4, 0.5) is 23.2 Å². The van der Waals surface area contributed by atoms with Gasteiger partial charge in [0.2, 0.25) is 0 Å². The highest BCUT2D eigenvalue weighted by molar-refractivity contribution is 5.99. The molecule has 4 rings (SSSR count). The number of carbonyl (C=O) groups is 2. The van der Waals surface area contributed by atoms with Crippen LogP contribution in [-0.2, 0) is 27.7 Å². The quantitative estimate of drug-likeness (QED) is 0.226. The average Bonchev–Trinajstić information content (AvgIpc) is 3.50. The van der Waals surface area contributed by atoms with Crippen molar-refractivity contribution in [2.75, 3.05) is 5.32 Å². The number of amides is 1. The molecule has 2 N–H and O–H groups in total. The van der Waals surface area contributed by atoms with Crippen LogP contribution in [0.5, 0.6) is 0 Å². The molecule has 0 saturated heterocycles. The summed E-state index contributed by atoms with van der Waals surface area (Å²) < 4.78 is 59.6. The van der Waals surface area contributed by atoms with Gasteiger partial charge in [-0.3, -0.25) is 4.79 Å². The number of hydrogen-bond donors (Lipinski definition) is 2. The van der Waals surface area contributed by atoms with Crippen LogP contribution in [0.15, 0.2) is 36.4 Å². The van der Waals surface area contributed by atoms with Crippen molar-refractivity contribution >= 4 is 17.6 Å². The van der Waals surface area contributed by atoms with Gasteiger partial charge in [-0.15, -0.1) is 0 Å². The predicted molar refractivity (Wildman–Crippen MR) is 125 cm³/mol. The molecule has 0 radical (unpaired) electrons. The summed E-state index contributed by atoms with van der Waals surface area (Å²) in [5.41, 5.74) is -2.69. The summed E-state index contributed by atoms with van der Waals surface area (Å²) in [6.45, 7) is 2.11. The third-order valence-electron chi connectivity index (χ3n) is 7.16. The molecule has 1 atom stereocenters. The molecule has 9 heteroatoms. The molecular formula is C27H29F4NO4. The number of anilines is 1. The van der Waals surface area contributed by atoms with Crippen molar-refractivity contribution in [3.05, 3.63) is 64.5 Å². The van der Waals surface area contributed by atoms with E-state index >= 15 is 0 Å². The van der Waals surface area contributed by atoms with Gasteiger partial charge in [0.25, 0.3) is 5.91 Å². The Hall–Kier alpha value is -2.94. The molecule has 1 fully saturated rings. The van der Waals surface area contributed by atoms with Crippen LogP contribution in [0.2, 0.25) is 0 Å². The Balaban J connectivity index is 1.60. The topological polar surface area (TPSA) is 75.6 Å². The minimum Gasteiger partial charge on any atom is -0.457 e. The summed E-state index contributed by atoms with van der Waals surface area (Å²) >= 11 is 0. The molecule has 2 aliphatic rings. The number of aliphatic hydroxyl groups is 1. The summed E-state index contributed by atoms with van der Waals surface area (Å²) in [6, 6.07) is 6.94. The average molecular weight is 508 g/mol. The third-order valence-corrected chi connectivity index (χ3v) is 7.16. The smallest absolute Gasteiger partial charge is 0.416 e. The SMILES string of the molecule is CCCCCCC(O)(CC1(c2cc(C(F)(F)F)ccc2F)CC1)C(=O)Nc1ccc2c(c1)COC2=O. The first kappa shape index (κ1) is 26.1. The highest BCUT2D eigenvalue weighted by Crippen LogP contribution is 2.55. The van der Waals surface area contributed by atoms with Crippen LogP contribution in [-0.4, -0.2) is 22.6 Å². The Morgan fingerprint density at radius 3 is 2.53 bits per heavy atom. The van der Waals surface area contributed by atoms with Crippen LogP contribution in [0.1, 0.15) is 85.3 Å². The van der Waals surface area contributed by atoms with E-state index in [9.17, 15) is 32.3 Å². The van der Waals surface area contributed by atoms with E-state index in [1.165, 1.54) is 12.1 Å². The van der Waals surface area contributed by atoms with Crippen LogP contribution >= 0.6 is 0 Å². The number of cyclic esters (lactones) is 1. The van der Waals surface area contributed by atoms with Crippen molar-refractivity contribution in [3.63, 3.8) is 0 Å². The first-order chi connectivity index (χ1) is 17.0. The standard InChI is InChI=1S/C27H29F4NO4/c1-2-3-4-5-10-26(35,24(34)32-19-7-8-20-17(13-19)15-36-23(20)33)16-25(11-12-25)21-14-18(27(29,30)31)6-9-22(21)28/h6-9,13-14,35H,2-5,10-12,15-16H2,1H3,(H,32,34). The molecule has 194 valence electrons. The summed E-state index contributed by atoms with van der Waals surface area (Å²) in [4.78, 5) is 25.1. The molecule has 36 heavy (non-hydrogen) atoms. The first-order valence-corrected chi connectivity index (χ1v) is 12.2. The molecule has 5 nitrogen and oxygen atoms in total. The molecular weight excluding hydrogens is 478 g/mol. The zero-order chi connectivity index (χ0) is 26.1. The molecule has 0 aromatic heterocycles. The molecule has 1 aliphatic carbocycles. The van der Waals surface area contributed by atoms with Crippen molar-refractivity contribution in [2.45, 2.75) is 82.1 Å².